The molecule has 0 bridgehead atoms. The number of hydrogen-bond donors (Lipinski definition) is 4. The molecular weight excluding hydrogens is 669 g/mol. The predicted octanol–water partition coefficient (Wildman–Crippen LogP) is 4.35. The van der Waals surface area contributed by atoms with Crippen LogP contribution < -0.4 is 9.47 Å². The van der Waals surface area contributed by atoms with Gasteiger partial charge in [0.05, 0.1) is 28.9 Å². The summed E-state index contributed by atoms with van der Waals surface area (Å²) in [6.45, 7) is 1.39. The van der Waals surface area contributed by atoms with E-state index in [1.807, 2.05) is 0 Å². The third-order valence-electron chi connectivity index (χ3n) is 6.05. The molecule has 0 heterocycles. The van der Waals surface area contributed by atoms with Crippen molar-refractivity contribution >= 4 is 59.0 Å². The minimum absolute atomic E-state index is 0.0204. The average Bonchev–Trinajstić information content (AvgIpc) is 2.93. The van der Waals surface area contributed by atoms with Gasteiger partial charge in [-0.15, -0.1) is 4.33 Å². The summed E-state index contributed by atoms with van der Waals surface area (Å²) in [6, 6.07) is 11.2. The van der Waals surface area contributed by atoms with Crippen molar-refractivity contribution in [1.82, 2.24) is 0 Å². The minimum Gasteiger partial charge on any atom is -0.495 e. The molecule has 0 atom stereocenters. The third kappa shape index (κ3) is 7.18. The zero-order chi connectivity index (χ0) is 32.6. The number of methoxy groups -OCH3 is 1. The maximum Gasteiger partial charge on any atom is 0.298 e. The van der Waals surface area contributed by atoms with E-state index in [-0.39, 0.29) is 38.5 Å². The molecule has 0 amide bonds. The average molecular weight is 689 g/mol. The quantitative estimate of drug-likeness (QED) is 0.0563. The smallest absolute Gasteiger partial charge is 0.298 e. The zero-order valence-corrected chi connectivity index (χ0v) is 25.5. The van der Waals surface area contributed by atoms with Gasteiger partial charge in [0.1, 0.15) is 27.0 Å². The molecule has 234 valence electrons. The van der Waals surface area contributed by atoms with E-state index in [0.717, 1.165) is 30.3 Å². The lowest BCUT2D eigenvalue weighted by atomic mass is 10.0. The highest BCUT2D eigenvalue weighted by Crippen LogP contribution is 2.41. The molecular formula is C25H20O15S4. The van der Waals surface area contributed by atoms with Crippen LogP contribution in [0.5, 0.6) is 17.2 Å². The number of ether oxygens (including phenoxy) is 2. The number of aryl methyl sites for hydroxylation is 1. The van der Waals surface area contributed by atoms with Gasteiger partial charge in [0.2, 0.25) is 0 Å². The van der Waals surface area contributed by atoms with Crippen molar-refractivity contribution in [2.24, 2.45) is 0 Å². The second kappa shape index (κ2) is 12.4. The van der Waals surface area contributed by atoms with Gasteiger partial charge in [-0.3, -0.25) is 18.5 Å². The lowest BCUT2D eigenvalue weighted by Crippen LogP contribution is -2.08. The second-order valence-corrected chi connectivity index (χ2v) is 13.8. The first-order chi connectivity index (χ1) is 20.4. The molecule has 0 aliphatic heterocycles. The summed E-state index contributed by atoms with van der Waals surface area (Å²) in [6.07, 6.45) is 0. The number of benzene rings is 4. The number of carbonyl (C=O) groups is 1. The third-order valence-corrected chi connectivity index (χ3v) is 9.42. The first-order valence-electron chi connectivity index (χ1n) is 11.6. The number of hydrogen-bond acceptors (Lipinski definition) is 13. The van der Waals surface area contributed by atoms with Crippen molar-refractivity contribution in [3.8, 4) is 17.2 Å². The van der Waals surface area contributed by atoms with Gasteiger partial charge in [-0.25, -0.2) is 5.26 Å². The molecule has 0 aromatic heterocycles. The molecule has 0 aliphatic carbocycles. The summed E-state index contributed by atoms with van der Waals surface area (Å²) in [4.78, 5) is 11.1. The second-order valence-electron chi connectivity index (χ2n) is 8.87. The molecule has 4 N–H and O–H groups in total. The molecule has 0 fully saturated rings. The summed E-state index contributed by atoms with van der Waals surface area (Å²) in [5.41, 5.74) is -0.393. The Kier molecular flexibility index (Phi) is 9.38. The SMILES string of the molecule is COc1cc2cc(SOOO)c(Oc3ccc(C(=O)c4ccc(C)c(S(=O)(=O)O)c4)cc3S(=O)(=O)O)cc2cc1S(=O)(=O)O. The van der Waals surface area contributed by atoms with Crippen LogP contribution in [-0.2, 0) is 39.7 Å². The Morgan fingerprint density at radius 1 is 0.682 bits per heavy atom. The fourth-order valence-electron chi connectivity index (χ4n) is 4.06. The van der Waals surface area contributed by atoms with E-state index in [0.29, 0.717) is 17.4 Å². The van der Waals surface area contributed by atoms with Gasteiger partial charge < -0.3 is 9.47 Å². The van der Waals surface area contributed by atoms with E-state index in [4.69, 9.17) is 14.7 Å². The van der Waals surface area contributed by atoms with Crippen LogP contribution in [0.4, 0.5) is 0 Å². The van der Waals surface area contributed by atoms with Crippen LogP contribution in [-0.4, -0.2) is 57.1 Å². The van der Waals surface area contributed by atoms with Crippen molar-refractivity contribution in [2.75, 3.05) is 7.11 Å². The Bertz CT molecular complexity index is 2120. The zero-order valence-electron chi connectivity index (χ0n) is 22.2. The first-order valence-corrected chi connectivity index (χ1v) is 16.7. The predicted molar refractivity (Wildman–Crippen MR) is 152 cm³/mol. The molecule has 0 saturated heterocycles. The van der Waals surface area contributed by atoms with Gasteiger partial charge in [-0.05, 0) is 71.8 Å². The van der Waals surface area contributed by atoms with Crippen LogP contribution in [0.2, 0.25) is 0 Å². The number of rotatable bonds is 11. The normalized spacial score (nSPS) is 12.3. The van der Waals surface area contributed by atoms with E-state index in [1.165, 1.54) is 44.4 Å². The van der Waals surface area contributed by atoms with Gasteiger partial charge >= 0.3 is 0 Å². The monoisotopic (exact) mass is 688 g/mol. The fourth-order valence-corrected chi connectivity index (χ4v) is 6.59. The minimum atomic E-state index is -5.08. The van der Waals surface area contributed by atoms with E-state index in [2.05, 4.69) is 9.37 Å². The molecule has 4 rings (SSSR count). The van der Waals surface area contributed by atoms with Crippen LogP contribution in [0.25, 0.3) is 10.8 Å². The van der Waals surface area contributed by atoms with E-state index in [1.54, 1.807) is 0 Å². The Balaban J connectivity index is 1.85. The van der Waals surface area contributed by atoms with Crippen LogP contribution in [0.15, 0.2) is 80.2 Å². The number of fused-ring (bicyclic) bond motifs is 1. The van der Waals surface area contributed by atoms with E-state index < -0.39 is 56.6 Å². The molecule has 0 unspecified atom stereocenters. The van der Waals surface area contributed by atoms with Gasteiger partial charge in [0.15, 0.2) is 5.78 Å². The van der Waals surface area contributed by atoms with Crippen molar-refractivity contribution in [2.45, 2.75) is 26.5 Å². The summed E-state index contributed by atoms with van der Waals surface area (Å²) < 4.78 is 116. The van der Waals surface area contributed by atoms with Crippen LogP contribution >= 0.6 is 12.0 Å². The van der Waals surface area contributed by atoms with Crippen molar-refractivity contribution in [3.05, 3.63) is 77.4 Å². The van der Waals surface area contributed by atoms with Crippen molar-refractivity contribution < 1.29 is 67.8 Å². The number of carbonyl (C=O) groups excluding carboxylic acids is 1. The number of ketones is 1. The van der Waals surface area contributed by atoms with Crippen molar-refractivity contribution in [1.29, 1.82) is 0 Å². The molecule has 15 nitrogen and oxygen atoms in total. The van der Waals surface area contributed by atoms with Gasteiger partial charge in [0.25, 0.3) is 30.4 Å². The Morgan fingerprint density at radius 2 is 1.20 bits per heavy atom. The van der Waals surface area contributed by atoms with E-state index >= 15 is 0 Å². The molecule has 19 heteroatoms. The highest BCUT2D eigenvalue weighted by atomic mass is 32.2. The molecule has 4 aromatic rings. The lowest BCUT2D eigenvalue weighted by Gasteiger charge is -2.15. The summed E-state index contributed by atoms with van der Waals surface area (Å²) in [5.74, 6) is -1.84. The van der Waals surface area contributed by atoms with Crippen molar-refractivity contribution in [3.63, 3.8) is 0 Å². The largest absolute Gasteiger partial charge is 0.495 e. The lowest BCUT2D eigenvalue weighted by molar-refractivity contribution is -0.432. The Hall–Kier alpha value is -3.63. The van der Waals surface area contributed by atoms with Gasteiger partial charge in [-0.2, -0.15) is 25.3 Å². The Morgan fingerprint density at radius 3 is 1.77 bits per heavy atom. The molecule has 4 aromatic carbocycles. The molecule has 0 spiro atoms. The highest BCUT2D eigenvalue weighted by Gasteiger charge is 2.24. The first kappa shape index (κ1) is 33.3. The molecule has 0 saturated carbocycles. The fraction of sp³-hybridized carbons (Fsp3) is 0.0800. The van der Waals surface area contributed by atoms with Crippen LogP contribution in [0.3, 0.4) is 0 Å². The topological polar surface area (TPSA) is 237 Å². The van der Waals surface area contributed by atoms with Crippen LogP contribution in [0.1, 0.15) is 21.5 Å². The molecule has 44 heavy (non-hydrogen) atoms. The Labute approximate surface area is 254 Å². The maximum absolute atomic E-state index is 13.1. The maximum atomic E-state index is 13.1. The van der Waals surface area contributed by atoms with Crippen LogP contribution in [0, 0.1) is 6.92 Å². The van der Waals surface area contributed by atoms with Gasteiger partial charge in [0, 0.05) is 11.1 Å². The van der Waals surface area contributed by atoms with Gasteiger partial charge in [-0.1, -0.05) is 17.2 Å². The van der Waals surface area contributed by atoms with E-state index in [9.17, 15) is 43.7 Å². The summed E-state index contributed by atoms with van der Waals surface area (Å²) >= 11 is 0.386. The standard InChI is InChI=1S/C25H20O15S4/c1-13-3-4-14(10-22(13)42(28,29)30)25(26)15-5-6-18(23(11-15)43(31,32)33)38-19-7-17-12-24(44(34,35)36)20(37-2)8-16(17)9-21(19)41-40-39-27/h3-12,27H,1-2H3,(H,28,29,30)(H,31,32,33)(H,34,35,36). The summed E-state index contributed by atoms with van der Waals surface area (Å²) in [5, 5.41) is 12.7. The highest BCUT2D eigenvalue weighted by molar-refractivity contribution is 7.94. The summed E-state index contributed by atoms with van der Waals surface area (Å²) in [7, 11) is -13.3. The molecule has 0 radical (unpaired) electrons. The molecule has 0 aliphatic rings.